The average Bonchev–Trinajstić information content (AvgIpc) is 2.82. The van der Waals surface area contributed by atoms with E-state index < -0.39 is 21.5 Å². The fourth-order valence-corrected chi connectivity index (χ4v) is 4.29. The molecule has 36 heavy (non-hydrogen) atoms. The molecule has 0 unspecified atom stereocenters. The maximum atomic E-state index is 11.4. The monoisotopic (exact) mass is 528 g/mol. The minimum absolute atomic E-state index is 0.0101. The van der Waals surface area contributed by atoms with Crippen LogP contribution in [0.2, 0.25) is 5.02 Å². The summed E-state index contributed by atoms with van der Waals surface area (Å²) >= 11 is 6.49. The first-order chi connectivity index (χ1) is 16.9. The number of anilines is 1. The van der Waals surface area contributed by atoms with Crippen molar-refractivity contribution in [3.8, 4) is 17.6 Å². The lowest BCUT2D eigenvalue weighted by atomic mass is 9.77. The first-order valence-corrected chi connectivity index (χ1v) is 13.7. The molecule has 190 valence electrons. The van der Waals surface area contributed by atoms with E-state index in [1.165, 1.54) is 6.20 Å². The van der Waals surface area contributed by atoms with Crippen LogP contribution in [0.25, 0.3) is 0 Å². The van der Waals surface area contributed by atoms with E-state index >= 15 is 0 Å². The minimum Gasteiger partial charge on any atom is -0.491 e. The molecule has 0 saturated carbocycles. The van der Waals surface area contributed by atoms with Crippen molar-refractivity contribution >= 4 is 27.6 Å². The highest BCUT2D eigenvalue weighted by atomic mass is 35.5. The Bertz CT molecular complexity index is 1370. The van der Waals surface area contributed by atoms with Gasteiger partial charge in [0, 0.05) is 11.6 Å². The Hall–Kier alpha value is -3.35. The van der Waals surface area contributed by atoms with Crippen LogP contribution >= 0.6 is 11.6 Å². The molecule has 3 aromatic rings. The van der Waals surface area contributed by atoms with Gasteiger partial charge in [-0.1, -0.05) is 44.5 Å². The number of benzene rings is 2. The summed E-state index contributed by atoms with van der Waals surface area (Å²) in [5.74, 6) is 1.03. The molecule has 0 aliphatic carbocycles. The van der Waals surface area contributed by atoms with Crippen LogP contribution in [0.5, 0.6) is 11.5 Å². The number of hydrogen-bond acceptors (Lipinski definition) is 7. The van der Waals surface area contributed by atoms with Crippen molar-refractivity contribution in [2.45, 2.75) is 45.6 Å². The van der Waals surface area contributed by atoms with Gasteiger partial charge in [0.25, 0.3) is 0 Å². The van der Waals surface area contributed by atoms with Gasteiger partial charge in [-0.05, 0) is 54.8 Å². The third kappa shape index (κ3) is 6.65. The molecule has 0 aliphatic rings. The summed E-state index contributed by atoms with van der Waals surface area (Å²) in [5.41, 5.74) is 2.39. The molecule has 2 aromatic carbocycles. The summed E-state index contributed by atoms with van der Waals surface area (Å²) in [6.07, 6.45) is 2.88. The second-order valence-corrected chi connectivity index (χ2v) is 11.0. The van der Waals surface area contributed by atoms with Gasteiger partial charge in [-0.15, -0.1) is 0 Å². The van der Waals surface area contributed by atoms with E-state index in [-0.39, 0.29) is 5.95 Å². The standard InChI is InChI=1S/C26H29ClN4O4S/c1-6-13-34-24-18(16-28)14-20(15-22(24)27)26(3,4)19-7-9-21(10-8-19)35-17(2)23-11-12-29-25(30-23)31-36(5,32)33/h7-12,14-15,17H,6,13H2,1-5H3,(H,29,30,31)/t17-/m0/s1. The van der Waals surface area contributed by atoms with Crippen molar-refractivity contribution < 1.29 is 17.9 Å². The number of nitriles is 1. The predicted molar refractivity (Wildman–Crippen MR) is 140 cm³/mol. The van der Waals surface area contributed by atoms with Gasteiger partial charge in [0.15, 0.2) is 5.75 Å². The fourth-order valence-electron chi connectivity index (χ4n) is 3.58. The molecule has 0 amide bonds. The van der Waals surface area contributed by atoms with Crippen LogP contribution < -0.4 is 14.2 Å². The molecule has 1 atom stereocenters. The molecule has 0 fully saturated rings. The Balaban J connectivity index is 1.80. The molecule has 10 heteroatoms. The molecule has 1 heterocycles. The van der Waals surface area contributed by atoms with E-state index in [4.69, 9.17) is 21.1 Å². The van der Waals surface area contributed by atoms with E-state index in [1.54, 1.807) is 6.07 Å². The van der Waals surface area contributed by atoms with Gasteiger partial charge in [-0.3, -0.25) is 4.72 Å². The van der Waals surface area contributed by atoms with Gasteiger partial charge in [0.05, 0.1) is 29.1 Å². The summed E-state index contributed by atoms with van der Waals surface area (Å²) in [6, 6.07) is 15.2. The molecule has 0 spiro atoms. The summed E-state index contributed by atoms with van der Waals surface area (Å²) in [6.45, 7) is 8.41. The number of sulfonamides is 1. The zero-order chi connectivity index (χ0) is 26.5. The number of aromatic nitrogens is 2. The van der Waals surface area contributed by atoms with E-state index in [2.05, 4.69) is 34.6 Å². The van der Waals surface area contributed by atoms with E-state index in [9.17, 15) is 13.7 Å². The minimum atomic E-state index is -3.48. The van der Waals surface area contributed by atoms with Gasteiger partial charge in [0.2, 0.25) is 16.0 Å². The second kappa shape index (κ2) is 11.1. The van der Waals surface area contributed by atoms with Crippen molar-refractivity contribution in [1.29, 1.82) is 5.26 Å². The topological polar surface area (TPSA) is 114 Å². The zero-order valence-electron chi connectivity index (χ0n) is 20.9. The largest absolute Gasteiger partial charge is 0.491 e. The van der Waals surface area contributed by atoms with Crippen molar-refractivity contribution in [2.24, 2.45) is 0 Å². The number of nitrogens with zero attached hydrogens (tertiary/aromatic N) is 3. The van der Waals surface area contributed by atoms with Crippen LogP contribution in [0.3, 0.4) is 0 Å². The maximum Gasteiger partial charge on any atom is 0.236 e. The Morgan fingerprint density at radius 2 is 1.86 bits per heavy atom. The van der Waals surface area contributed by atoms with Crippen LogP contribution in [0.1, 0.15) is 62.6 Å². The number of ether oxygens (including phenoxy) is 2. The Labute approximate surface area is 217 Å². The summed E-state index contributed by atoms with van der Waals surface area (Å²) < 4.78 is 36.9. The SMILES string of the molecule is CCCOc1c(Cl)cc(C(C)(C)c2ccc(O[C@@H](C)c3ccnc(NS(C)(=O)=O)n3)cc2)cc1C#N. The first kappa shape index (κ1) is 27.2. The summed E-state index contributed by atoms with van der Waals surface area (Å²) in [7, 11) is -3.48. The quantitative estimate of drug-likeness (QED) is 0.362. The van der Waals surface area contributed by atoms with Gasteiger partial charge in [-0.25, -0.2) is 18.4 Å². The highest BCUT2D eigenvalue weighted by molar-refractivity contribution is 7.91. The number of hydrogen-bond donors (Lipinski definition) is 1. The van der Waals surface area contributed by atoms with Gasteiger partial charge >= 0.3 is 0 Å². The molecule has 8 nitrogen and oxygen atoms in total. The van der Waals surface area contributed by atoms with E-state index in [1.807, 2.05) is 50.2 Å². The van der Waals surface area contributed by atoms with Crippen molar-refractivity contribution in [3.05, 3.63) is 76.1 Å². The summed E-state index contributed by atoms with van der Waals surface area (Å²) in [5, 5.41) is 10.1. The van der Waals surface area contributed by atoms with Crippen LogP contribution in [0, 0.1) is 11.3 Å². The highest BCUT2D eigenvalue weighted by Crippen LogP contribution is 2.38. The van der Waals surface area contributed by atoms with E-state index in [0.29, 0.717) is 34.4 Å². The van der Waals surface area contributed by atoms with Crippen molar-refractivity contribution in [3.63, 3.8) is 0 Å². The Kier molecular flexibility index (Phi) is 8.43. The molecule has 1 aromatic heterocycles. The van der Waals surface area contributed by atoms with Crippen LogP contribution in [-0.2, 0) is 15.4 Å². The first-order valence-electron chi connectivity index (χ1n) is 11.4. The van der Waals surface area contributed by atoms with Gasteiger partial charge in [0.1, 0.15) is 17.9 Å². The Morgan fingerprint density at radius 1 is 1.17 bits per heavy atom. The zero-order valence-corrected chi connectivity index (χ0v) is 22.4. The number of nitrogens with one attached hydrogen (secondary N) is 1. The fraction of sp³-hybridized carbons (Fsp3) is 0.346. The maximum absolute atomic E-state index is 11.4. The normalized spacial score (nSPS) is 12.5. The molecule has 0 radical (unpaired) electrons. The molecule has 3 rings (SSSR count). The van der Waals surface area contributed by atoms with Gasteiger partial charge in [-0.2, -0.15) is 5.26 Å². The lowest BCUT2D eigenvalue weighted by Crippen LogP contribution is -2.19. The molecular weight excluding hydrogens is 500 g/mol. The lowest BCUT2D eigenvalue weighted by molar-refractivity contribution is 0.222. The number of rotatable bonds is 10. The molecule has 0 bridgehead atoms. The third-order valence-electron chi connectivity index (χ3n) is 5.60. The van der Waals surface area contributed by atoms with Crippen molar-refractivity contribution in [2.75, 3.05) is 17.6 Å². The molecule has 1 N–H and O–H groups in total. The second-order valence-electron chi connectivity index (χ2n) is 8.88. The summed E-state index contributed by atoms with van der Waals surface area (Å²) in [4.78, 5) is 8.15. The third-order valence-corrected chi connectivity index (χ3v) is 6.43. The molecular formula is C26H29ClN4O4S. The lowest BCUT2D eigenvalue weighted by Gasteiger charge is -2.27. The van der Waals surface area contributed by atoms with Crippen molar-refractivity contribution in [1.82, 2.24) is 9.97 Å². The smallest absolute Gasteiger partial charge is 0.236 e. The van der Waals surface area contributed by atoms with Crippen LogP contribution in [0.4, 0.5) is 5.95 Å². The van der Waals surface area contributed by atoms with Crippen LogP contribution in [0.15, 0.2) is 48.7 Å². The average molecular weight is 529 g/mol. The molecule has 0 saturated heterocycles. The predicted octanol–water partition coefficient (Wildman–Crippen LogP) is 5.63. The highest BCUT2D eigenvalue weighted by Gasteiger charge is 2.26. The van der Waals surface area contributed by atoms with E-state index in [0.717, 1.165) is 23.8 Å². The van der Waals surface area contributed by atoms with Gasteiger partial charge < -0.3 is 9.47 Å². The Morgan fingerprint density at radius 3 is 2.47 bits per heavy atom. The number of halogens is 1. The van der Waals surface area contributed by atoms with Crippen LogP contribution in [-0.4, -0.2) is 31.2 Å². The molecule has 0 aliphatic heterocycles.